The van der Waals surface area contributed by atoms with Gasteiger partial charge in [0.25, 0.3) is 0 Å². The van der Waals surface area contributed by atoms with Gasteiger partial charge in [0.15, 0.2) is 0 Å². The van der Waals surface area contributed by atoms with E-state index >= 15 is 0 Å². The fraction of sp³-hybridized carbons (Fsp3) is 0.188. The molecule has 0 atom stereocenters. The lowest BCUT2D eigenvalue weighted by Crippen LogP contribution is -2.17. The Kier molecular flexibility index (Phi) is 5.96. The molecule has 8 heteroatoms. The van der Waals surface area contributed by atoms with Crippen molar-refractivity contribution in [3.8, 4) is 0 Å². The van der Waals surface area contributed by atoms with Crippen LogP contribution in [0.5, 0.6) is 0 Å². The number of nitrogens with one attached hydrogen (secondary N) is 2. The van der Waals surface area contributed by atoms with Gasteiger partial charge in [-0.3, -0.25) is 4.79 Å². The summed E-state index contributed by atoms with van der Waals surface area (Å²) in [6.45, 7) is 0.230. The highest BCUT2D eigenvalue weighted by molar-refractivity contribution is 6.39. The summed E-state index contributed by atoms with van der Waals surface area (Å²) < 4.78 is 37.9. The van der Waals surface area contributed by atoms with E-state index in [-0.39, 0.29) is 18.7 Å². The second-order valence-corrected chi connectivity index (χ2v) is 5.71. The van der Waals surface area contributed by atoms with Gasteiger partial charge in [-0.25, -0.2) is 0 Å². The molecule has 0 fully saturated rings. The number of carbonyl (C=O) groups is 1. The van der Waals surface area contributed by atoms with Crippen LogP contribution in [0.4, 0.5) is 24.5 Å². The third-order valence-electron chi connectivity index (χ3n) is 3.09. The molecular formula is C16H13Cl2F3N2O. The Morgan fingerprint density at radius 3 is 2.29 bits per heavy atom. The Bertz CT molecular complexity index is 715. The van der Waals surface area contributed by atoms with Crippen LogP contribution < -0.4 is 10.6 Å². The van der Waals surface area contributed by atoms with Gasteiger partial charge in [0, 0.05) is 18.7 Å². The molecular weight excluding hydrogens is 364 g/mol. The molecule has 0 unspecified atom stereocenters. The first-order valence-electron chi connectivity index (χ1n) is 6.92. The van der Waals surface area contributed by atoms with Crippen molar-refractivity contribution in [2.45, 2.75) is 12.6 Å². The molecule has 0 bridgehead atoms. The molecule has 0 radical (unpaired) electrons. The zero-order valence-corrected chi connectivity index (χ0v) is 13.8. The smallest absolute Gasteiger partial charge is 0.382 e. The molecule has 2 N–H and O–H groups in total. The van der Waals surface area contributed by atoms with E-state index in [1.54, 1.807) is 18.2 Å². The summed E-state index contributed by atoms with van der Waals surface area (Å²) in [7, 11) is 0. The molecule has 0 heterocycles. The normalized spacial score (nSPS) is 11.2. The van der Waals surface area contributed by atoms with E-state index < -0.39 is 17.6 Å². The van der Waals surface area contributed by atoms with E-state index in [2.05, 4.69) is 10.6 Å². The third kappa shape index (κ3) is 5.04. The fourth-order valence-electron chi connectivity index (χ4n) is 1.96. The van der Waals surface area contributed by atoms with Crippen LogP contribution in [0.15, 0.2) is 42.5 Å². The minimum atomic E-state index is -4.46. The number of halogens is 5. The van der Waals surface area contributed by atoms with E-state index in [9.17, 15) is 18.0 Å². The van der Waals surface area contributed by atoms with Gasteiger partial charge in [0.05, 0.1) is 21.3 Å². The maximum absolute atomic E-state index is 12.6. The molecule has 0 saturated carbocycles. The van der Waals surface area contributed by atoms with Gasteiger partial charge >= 0.3 is 6.18 Å². The SMILES string of the molecule is O=C(CCNc1c(Cl)cccc1Cl)Nc1cccc(C(F)(F)F)c1. The number of carbonyl (C=O) groups excluding carboxylic acids is 1. The molecule has 1 amide bonds. The first-order valence-corrected chi connectivity index (χ1v) is 7.68. The zero-order chi connectivity index (χ0) is 17.7. The van der Waals surface area contributed by atoms with Crippen LogP contribution in [-0.2, 0) is 11.0 Å². The highest BCUT2D eigenvalue weighted by Gasteiger charge is 2.30. The number of anilines is 2. The average molecular weight is 377 g/mol. The Labute approximate surface area is 146 Å². The Morgan fingerprint density at radius 1 is 1.04 bits per heavy atom. The third-order valence-corrected chi connectivity index (χ3v) is 3.72. The van der Waals surface area contributed by atoms with Crippen molar-refractivity contribution in [2.24, 2.45) is 0 Å². The Hall–Kier alpha value is -1.92. The summed E-state index contributed by atoms with van der Waals surface area (Å²) in [5.41, 5.74) is -0.223. The summed E-state index contributed by atoms with van der Waals surface area (Å²) in [4.78, 5) is 11.8. The molecule has 0 spiro atoms. The first kappa shape index (κ1) is 18.4. The molecule has 2 aromatic carbocycles. The maximum Gasteiger partial charge on any atom is 0.416 e. The van der Waals surface area contributed by atoms with Crippen molar-refractivity contribution in [3.63, 3.8) is 0 Å². The van der Waals surface area contributed by atoms with Crippen LogP contribution >= 0.6 is 23.2 Å². The summed E-state index contributed by atoms with van der Waals surface area (Å²) in [5, 5.41) is 6.19. The van der Waals surface area contributed by atoms with Gasteiger partial charge in [-0.1, -0.05) is 35.3 Å². The Morgan fingerprint density at radius 2 is 1.67 bits per heavy atom. The monoisotopic (exact) mass is 376 g/mol. The summed E-state index contributed by atoms with van der Waals surface area (Å²) in [6, 6.07) is 9.45. The molecule has 0 aliphatic rings. The summed E-state index contributed by atoms with van der Waals surface area (Å²) >= 11 is 12.0. The maximum atomic E-state index is 12.6. The predicted molar refractivity (Wildman–Crippen MR) is 89.6 cm³/mol. The van der Waals surface area contributed by atoms with Gasteiger partial charge < -0.3 is 10.6 Å². The highest BCUT2D eigenvalue weighted by Crippen LogP contribution is 2.31. The lowest BCUT2D eigenvalue weighted by Gasteiger charge is -2.11. The fourth-order valence-corrected chi connectivity index (χ4v) is 2.50. The van der Waals surface area contributed by atoms with Crippen LogP contribution in [-0.4, -0.2) is 12.5 Å². The number of amides is 1. The number of alkyl halides is 3. The molecule has 0 aliphatic carbocycles. The number of para-hydroxylation sites is 1. The lowest BCUT2D eigenvalue weighted by molar-refractivity contribution is -0.137. The van der Waals surface area contributed by atoms with Crippen LogP contribution in [0.2, 0.25) is 10.0 Å². The van der Waals surface area contributed by atoms with Crippen molar-refractivity contribution >= 4 is 40.5 Å². The van der Waals surface area contributed by atoms with Crippen molar-refractivity contribution in [3.05, 3.63) is 58.1 Å². The molecule has 2 rings (SSSR count). The molecule has 3 nitrogen and oxygen atoms in total. The van der Waals surface area contributed by atoms with Crippen LogP contribution in [0, 0.1) is 0 Å². The minimum absolute atomic E-state index is 0.0395. The van der Waals surface area contributed by atoms with Gasteiger partial charge in [0.2, 0.25) is 5.91 Å². The van der Waals surface area contributed by atoms with Gasteiger partial charge in [-0.15, -0.1) is 0 Å². The summed E-state index contributed by atoms with van der Waals surface area (Å²) in [6.07, 6.45) is -4.42. The van der Waals surface area contributed by atoms with Crippen molar-refractivity contribution in [1.82, 2.24) is 0 Å². The molecule has 2 aromatic rings. The summed E-state index contributed by atoms with van der Waals surface area (Å²) in [5.74, 6) is -0.426. The highest BCUT2D eigenvalue weighted by atomic mass is 35.5. The van der Waals surface area contributed by atoms with Gasteiger partial charge in [0.1, 0.15) is 0 Å². The van der Waals surface area contributed by atoms with Gasteiger partial charge in [-0.05, 0) is 30.3 Å². The van der Waals surface area contributed by atoms with Crippen LogP contribution in [0.25, 0.3) is 0 Å². The van der Waals surface area contributed by atoms with E-state index in [1.807, 2.05) is 0 Å². The number of benzene rings is 2. The average Bonchev–Trinajstić information content (AvgIpc) is 2.49. The standard InChI is InChI=1S/C16H13Cl2F3N2O/c17-12-5-2-6-13(18)15(12)22-8-7-14(24)23-11-4-1-3-10(9-11)16(19,20)21/h1-6,9,22H,7-8H2,(H,23,24). The number of rotatable bonds is 5. The Balaban J connectivity index is 1.90. The minimum Gasteiger partial charge on any atom is -0.382 e. The largest absolute Gasteiger partial charge is 0.416 e. The van der Waals surface area contributed by atoms with E-state index in [0.29, 0.717) is 15.7 Å². The van der Waals surface area contributed by atoms with Crippen molar-refractivity contribution < 1.29 is 18.0 Å². The number of hydrogen-bond donors (Lipinski definition) is 2. The predicted octanol–water partition coefficient (Wildman–Crippen LogP) is 5.45. The lowest BCUT2D eigenvalue weighted by atomic mass is 10.2. The van der Waals surface area contributed by atoms with Crippen LogP contribution in [0.3, 0.4) is 0 Å². The quantitative estimate of drug-likeness (QED) is 0.727. The molecule has 24 heavy (non-hydrogen) atoms. The first-order chi connectivity index (χ1) is 11.3. The van der Waals surface area contributed by atoms with Crippen LogP contribution in [0.1, 0.15) is 12.0 Å². The number of hydrogen-bond acceptors (Lipinski definition) is 2. The van der Waals surface area contributed by atoms with Crippen molar-refractivity contribution in [2.75, 3.05) is 17.2 Å². The molecule has 0 aliphatic heterocycles. The topological polar surface area (TPSA) is 41.1 Å². The van der Waals surface area contributed by atoms with E-state index in [0.717, 1.165) is 12.1 Å². The molecule has 0 saturated heterocycles. The molecule has 128 valence electrons. The molecule has 0 aromatic heterocycles. The van der Waals surface area contributed by atoms with Crippen molar-refractivity contribution in [1.29, 1.82) is 0 Å². The zero-order valence-electron chi connectivity index (χ0n) is 12.3. The van der Waals surface area contributed by atoms with E-state index in [1.165, 1.54) is 12.1 Å². The second kappa shape index (κ2) is 7.77. The second-order valence-electron chi connectivity index (χ2n) is 4.90. The van der Waals surface area contributed by atoms with Gasteiger partial charge in [-0.2, -0.15) is 13.2 Å². The van der Waals surface area contributed by atoms with E-state index in [4.69, 9.17) is 23.2 Å².